The van der Waals surface area contributed by atoms with Crippen molar-refractivity contribution < 1.29 is 38.9 Å². The third-order valence-electron chi connectivity index (χ3n) is 5.22. The first-order valence-corrected chi connectivity index (χ1v) is 12.5. The SMILES string of the molecule is O=C(O)Cc1nnc(SCC2(C(=O)O)CS[C@@H]3C(N(C(=O)CO)c4cccs4)C(=O)N3C2)o1. The molecule has 2 fully saturated rings. The maximum Gasteiger partial charge on any atom is 0.313 e. The summed E-state index contributed by atoms with van der Waals surface area (Å²) in [5, 5.41) is 37.4. The van der Waals surface area contributed by atoms with Crippen LogP contribution < -0.4 is 4.90 Å². The monoisotopic (exact) mass is 514 g/mol. The predicted octanol–water partition coefficient (Wildman–Crippen LogP) is 0.230. The zero-order valence-corrected chi connectivity index (χ0v) is 19.3. The summed E-state index contributed by atoms with van der Waals surface area (Å²) in [6, 6.07) is 2.60. The lowest BCUT2D eigenvalue weighted by Crippen LogP contribution is -2.75. The van der Waals surface area contributed by atoms with Gasteiger partial charge in [-0.3, -0.25) is 24.1 Å². The predicted molar refractivity (Wildman–Crippen MR) is 117 cm³/mol. The minimum absolute atomic E-state index is 0.0232. The highest BCUT2D eigenvalue weighted by molar-refractivity contribution is 8.00. The number of carbonyl (C=O) groups is 4. The molecule has 2 aliphatic rings. The maximum absolute atomic E-state index is 13.0. The Hall–Kier alpha value is -2.62. The van der Waals surface area contributed by atoms with Gasteiger partial charge in [-0.05, 0) is 17.5 Å². The summed E-state index contributed by atoms with van der Waals surface area (Å²) < 4.78 is 5.23. The van der Waals surface area contributed by atoms with Crippen LogP contribution in [0.5, 0.6) is 0 Å². The first kappa shape index (κ1) is 23.5. The summed E-state index contributed by atoms with van der Waals surface area (Å²) in [5.41, 5.74) is -1.30. The van der Waals surface area contributed by atoms with Crippen LogP contribution in [-0.4, -0.2) is 90.2 Å². The second-order valence-electron chi connectivity index (χ2n) is 7.39. The number of aromatic nitrogens is 2. The number of anilines is 1. The molecule has 0 radical (unpaired) electrons. The van der Waals surface area contributed by atoms with Gasteiger partial charge in [0.2, 0.25) is 11.8 Å². The Bertz CT molecular complexity index is 1080. The van der Waals surface area contributed by atoms with E-state index < -0.39 is 47.7 Å². The molecule has 0 spiro atoms. The van der Waals surface area contributed by atoms with Crippen LogP contribution in [0.2, 0.25) is 0 Å². The van der Waals surface area contributed by atoms with Gasteiger partial charge in [-0.25, -0.2) is 0 Å². The van der Waals surface area contributed by atoms with Crippen molar-refractivity contribution >= 4 is 63.6 Å². The molecule has 2 aromatic rings. The summed E-state index contributed by atoms with van der Waals surface area (Å²) in [5.74, 6) is -3.11. The molecule has 2 unspecified atom stereocenters. The van der Waals surface area contributed by atoms with Crippen LogP contribution in [0.15, 0.2) is 27.2 Å². The standard InChI is InChI=1S/C18H18N4O8S3/c23-5-10(24)22(11-2-1-3-31-11)13-14(27)21-6-18(16(28)29,7-32-15(13)21)8-33-17-20-19-9(30-17)4-12(25)26/h1-3,13,15,23H,4-8H2,(H,25,26)(H,28,29)/t13?,15-,18?/m1/s1. The number of rotatable bonds is 9. The van der Waals surface area contributed by atoms with Crippen molar-refractivity contribution in [2.45, 2.75) is 23.1 Å². The highest BCUT2D eigenvalue weighted by atomic mass is 32.2. The van der Waals surface area contributed by atoms with Crippen LogP contribution in [0.3, 0.4) is 0 Å². The normalized spacial score (nSPS) is 24.2. The van der Waals surface area contributed by atoms with Crippen molar-refractivity contribution in [3.8, 4) is 0 Å². The van der Waals surface area contributed by atoms with Crippen LogP contribution in [0, 0.1) is 5.41 Å². The van der Waals surface area contributed by atoms with Crippen molar-refractivity contribution in [2.75, 3.05) is 29.6 Å². The smallest absolute Gasteiger partial charge is 0.313 e. The van der Waals surface area contributed by atoms with E-state index in [1.807, 2.05) is 0 Å². The molecule has 2 aliphatic heterocycles. The second kappa shape index (κ2) is 9.32. The van der Waals surface area contributed by atoms with Gasteiger partial charge in [-0.1, -0.05) is 11.8 Å². The molecule has 4 heterocycles. The molecule has 2 aromatic heterocycles. The van der Waals surface area contributed by atoms with Crippen LogP contribution in [0.1, 0.15) is 5.89 Å². The van der Waals surface area contributed by atoms with Crippen LogP contribution >= 0.6 is 34.9 Å². The van der Waals surface area contributed by atoms with Crippen molar-refractivity contribution in [3.63, 3.8) is 0 Å². The molecule has 2 amide bonds. The summed E-state index contributed by atoms with van der Waals surface area (Å²) in [4.78, 5) is 51.0. The Balaban J connectivity index is 1.47. The zero-order chi connectivity index (χ0) is 23.8. The van der Waals surface area contributed by atoms with Crippen LogP contribution in [0.4, 0.5) is 5.00 Å². The summed E-state index contributed by atoms with van der Waals surface area (Å²) in [7, 11) is 0. The Morgan fingerprint density at radius 3 is 2.76 bits per heavy atom. The topological polar surface area (TPSA) is 174 Å². The van der Waals surface area contributed by atoms with E-state index in [9.17, 15) is 29.4 Å². The van der Waals surface area contributed by atoms with Gasteiger partial charge in [0, 0.05) is 18.1 Å². The molecule has 0 bridgehead atoms. The average Bonchev–Trinajstić information content (AvgIpc) is 3.47. The van der Waals surface area contributed by atoms with Crippen molar-refractivity contribution in [3.05, 3.63) is 23.4 Å². The molecular weight excluding hydrogens is 496 g/mol. The number of nitrogens with zero attached hydrogens (tertiary/aromatic N) is 4. The molecule has 0 saturated carbocycles. The number of carbonyl (C=O) groups excluding carboxylic acids is 2. The number of aliphatic hydroxyl groups excluding tert-OH is 1. The number of thioether (sulfide) groups is 2. The number of hydrogen-bond acceptors (Lipinski definition) is 11. The number of fused-ring (bicyclic) bond motifs is 1. The number of aliphatic carboxylic acids is 2. The molecule has 12 nitrogen and oxygen atoms in total. The largest absolute Gasteiger partial charge is 0.481 e. The lowest BCUT2D eigenvalue weighted by Gasteiger charge is -2.55. The van der Waals surface area contributed by atoms with Gasteiger partial charge in [-0.15, -0.1) is 33.3 Å². The Kier molecular flexibility index (Phi) is 6.65. The number of β-lactam (4-membered cyclic amide) rings is 1. The van der Waals surface area contributed by atoms with Crippen molar-refractivity contribution in [2.24, 2.45) is 5.41 Å². The quantitative estimate of drug-likeness (QED) is 0.307. The second-order valence-corrected chi connectivity index (χ2v) is 10.3. The van der Waals surface area contributed by atoms with Crippen molar-refractivity contribution in [1.29, 1.82) is 0 Å². The van der Waals surface area contributed by atoms with E-state index in [0.717, 1.165) is 11.8 Å². The zero-order valence-electron chi connectivity index (χ0n) is 16.8. The first-order chi connectivity index (χ1) is 15.8. The van der Waals surface area contributed by atoms with E-state index in [-0.39, 0.29) is 35.1 Å². The lowest BCUT2D eigenvalue weighted by molar-refractivity contribution is -0.156. The van der Waals surface area contributed by atoms with E-state index in [1.54, 1.807) is 17.5 Å². The van der Waals surface area contributed by atoms with Gasteiger partial charge in [0.25, 0.3) is 11.1 Å². The van der Waals surface area contributed by atoms with Crippen LogP contribution in [-0.2, 0) is 25.6 Å². The Morgan fingerprint density at radius 2 is 2.12 bits per heavy atom. The molecule has 0 aliphatic carbocycles. The minimum atomic E-state index is -1.30. The molecule has 176 valence electrons. The molecule has 3 N–H and O–H groups in total. The van der Waals surface area contributed by atoms with Crippen LogP contribution in [0.25, 0.3) is 0 Å². The third-order valence-corrected chi connectivity index (χ3v) is 8.77. The fourth-order valence-corrected chi connectivity index (χ4v) is 7.05. The molecule has 15 heteroatoms. The summed E-state index contributed by atoms with van der Waals surface area (Å²) in [6.45, 7) is -0.813. The molecule has 2 saturated heterocycles. The summed E-state index contributed by atoms with van der Waals surface area (Å²) in [6.07, 6.45) is -0.438. The first-order valence-electron chi connectivity index (χ1n) is 9.54. The number of carboxylic acid groups (broad SMARTS) is 2. The molecule has 3 atom stereocenters. The van der Waals surface area contributed by atoms with Gasteiger partial charge in [-0.2, -0.15) is 0 Å². The van der Waals surface area contributed by atoms with Gasteiger partial charge < -0.3 is 24.6 Å². The van der Waals surface area contributed by atoms with Gasteiger partial charge in [0.1, 0.15) is 29.9 Å². The molecule has 33 heavy (non-hydrogen) atoms. The van der Waals surface area contributed by atoms with E-state index in [4.69, 9.17) is 9.52 Å². The highest BCUT2D eigenvalue weighted by Crippen LogP contribution is 2.46. The highest BCUT2D eigenvalue weighted by Gasteiger charge is 2.59. The maximum atomic E-state index is 13.0. The average molecular weight is 515 g/mol. The number of aliphatic hydroxyl groups is 1. The molecular formula is C18H18N4O8S3. The van der Waals surface area contributed by atoms with E-state index in [2.05, 4.69) is 10.2 Å². The van der Waals surface area contributed by atoms with Crippen molar-refractivity contribution in [1.82, 2.24) is 15.1 Å². The fourth-order valence-electron chi connectivity index (χ4n) is 3.58. The fraction of sp³-hybridized carbons (Fsp3) is 0.444. The third kappa shape index (κ3) is 4.45. The molecule has 0 aromatic carbocycles. The van der Waals surface area contributed by atoms with Gasteiger partial charge in [0.15, 0.2) is 0 Å². The number of amides is 2. The molecule has 4 rings (SSSR count). The van der Waals surface area contributed by atoms with Gasteiger partial charge >= 0.3 is 11.9 Å². The number of carboxylic acids is 2. The number of thiophene rings is 1. The van der Waals surface area contributed by atoms with E-state index in [1.165, 1.54) is 32.9 Å². The Morgan fingerprint density at radius 1 is 1.33 bits per heavy atom. The van der Waals surface area contributed by atoms with E-state index >= 15 is 0 Å². The lowest BCUT2D eigenvalue weighted by atomic mass is 9.89. The van der Waals surface area contributed by atoms with Gasteiger partial charge in [0.05, 0.1) is 5.00 Å². The number of hydrogen-bond donors (Lipinski definition) is 3. The Labute approximate surface area is 198 Å². The van der Waals surface area contributed by atoms with E-state index in [0.29, 0.717) is 5.00 Å². The minimum Gasteiger partial charge on any atom is -0.481 e. The summed E-state index contributed by atoms with van der Waals surface area (Å²) >= 11 is 3.51.